The van der Waals surface area contributed by atoms with Crippen LogP contribution in [0.15, 0.2) is 18.5 Å². The van der Waals surface area contributed by atoms with Crippen LogP contribution in [0.4, 0.5) is 0 Å². The number of carbonyl (C=O) groups is 1. The number of hydrogen-bond donors (Lipinski definition) is 0. The van der Waals surface area contributed by atoms with Gasteiger partial charge in [-0.05, 0) is 32.0 Å². The van der Waals surface area contributed by atoms with Crippen LogP contribution >= 0.6 is 0 Å². The normalized spacial score (nSPS) is 19.3. The number of amides is 1. The number of aromatic nitrogens is 2. The summed E-state index contributed by atoms with van der Waals surface area (Å²) < 4.78 is 1.92. The monoisotopic (exact) mass is 264 g/mol. The second-order valence-electron chi connectivity index (χ2n) is 5.07. The van der Waals surface area contributed by atoms with Crippen LogP contribution in [0.25, 0.3) is 0 Å². The van der Waals surface area contributed by atoms with E-state index in [1.165, 1.54) is 0 Å². The third kappa shape index (κ3) is 3.56. The molecule has 5 heteroatoms. The van der Waals surface area contributed by atoms with E-state index in [1.54, 1.807) is 6.20 Å². The minimum atomic E-state index is 0.262. The molecule has 5 nitrogen and oxygen atoms in total. The first kappa shape index (κ1) is 14.1. The first-order valence-corrected chi connectivity index (χ1v) is 7.23. The van der Waals surface area contributed by atoms with Gasteiger partial charge in [-0.25, -0.2) is 0 Å². The van der Waals surface area contributed by atoms with E-state index in [9.17, 15) is 4.79 Å². The fourth-order valence-electron chi connectivity index (χ4n) is 2.71. The Labute approximate surface area is 115 Å². The van der Waals surface area contributed by atoms with Crippen molar-refractivity contribution in [3.63, 3.8) is 0 Å². The van der Waals surface area contributed by atoms with Gasteiger partial charge in [-0.3, -0.25) is 14.4 Å². The molecule has 2 rings (SSSR count). The molecule has 2 heterocycles. The van der Waals surface area contributed by atoms with Gasteiger partial charge in [0.05, 0.1) is 19.1 Å². The largest absolute Gasteiger partial charge is 0.337 e. The zero-order chi connectivity index (χ0) is 13.7. The fourth-order valence-corrected chi connectivity index (χ4v) is 2.71. The van der Waals surface area contributed by atoms with Crippen molar-refractivity contribution in [2.24, 2.45) is 0 Å². The van der Waals surface area contributed by atoms with Crippen molar-refractivity contribution in [3.8, 4) is 0 Å². The van der Waals surface area contributed by atoms with Crippen molar-refractivity contribution in [3.05, 3.63) is 18.5 Å². The summed E-state index contributed by atoms with van der Waals surface area (Å²) in [6.07, 6.45) is 5.95. The summed E-state index contributed by atoms with van der Waals surface area (Å²) in [5, 5.41) is 4.24. The number of likely N-dealkylation sites (N-methyl/N-ethyl adjacent to an activating group) is 1. The summed E-state index contributed by atoms with van der Waals surface area (Å²) in [6.45, 7) is 8.31. The van der Waals surface area contributed by atoms with Gasteiger partial charge in [0, 0.05) is 18.9 Å². The quantitative estimate of drug-likeness (QED) is 0.775. The van der Waals surface area contributed by atoms with Crippen LogP contribution in [0.1, 0.15) is 26.7 Å². The molecule has 0 N–H and O–H groups in total. The molecule has 1 aliphatic heterocycles. The molecular formula is C14H24N4O. The highest BCUT2D eigenvalue weighted by Gasteiger charge is 2.29. The zero-order valence-corrected chi connectivity index (χ0v) is 12.0. The molecule has 0 saturated carbocycles. The van der Waals surface area contributed by atoms with Gasteiger partial charge in [0.15, 0.2) is 0 Å². The van der Waals surface area contributed by atoms with Crippen molar-refractivity contribution in [1.29, 1.82) is 0 Å². The van der Waals surface area contributed by atoms with E-state index in [0.717, 1.165) is 39.0 Å². The third-order valence-electron chi connectivity index (χ3n) is 3.91. The molecule has 19 heavy (non-hydrogen) atoms. The van der Waals surface area contributed by atoms with E-state index in [0.29, 0.717) is 12.6 Å². The lowest BCUT2D eigenvalue weighted by atomic mass is 10.2. The van der Waals surface area contributed by atoms with E-state index < -0.39 is 0 Å². The van der Waals surface area contributed by atoms with Crippen LogP contribution in [-0.4, -0.2) is 57.7 Å². The average Bonchev–Trinajstić information content (AvgIpc) is 3.07. The maximum absolute atomic E-state index is 12.4. The molecule has 0 aliphatic carbocycles. The van der Waals surface area contributed by atoms with Gasteiger partial charge in [0.1, 0.15) is 0 Å². The van der Waals surface area contributed by atoms with Gasteiger partial charge in [-0.2, -0.15) is 5.10 Å². The summed E-state index contributed by atoms with van der Waals surface area (Å²) >= 11 is 0. The Morgan fingerprint density at radius 3 is 2.84 bits per heavy atom. The molecule has 1 aromatic heterocycles. The zero-order valence-electron chi connectivity index (χ0n) is 12.0. The number of hydrogen-bond acceptors (Lipinski definition) is 3. The first-order valence-electron chi connectivity index (χ1n) is 7.23. The van der Waals surface area contributed by atoms with Crippen molar-refractivity contribution < 1.29 is 4.79 Å². The highest BCUT2D eigenvalue weighted by Crippen LogP contribution is 2.19. The fraction of sp³-hybridized carbons (Fsp3) is 0.714. The maximum atomic E-state index is 12.4. The van der Waals surface area contributed by atoms with E-state index >= 15 is 0 Å². The minimum absolute atomic E-state index is 0.262. The second-order valence-corrected chi connectivity index (χ2v) is 5.07. The molecule has 1 aliphatic rings. The number of nitrogens with zero attached hydrogens (tertiary/aromatic N) is 4. The Kier molecular flexibility index (Phi) is 4.96. The van der Waals surface area contributed by atoms with Crippen molar-refractivity contribution in [2.45, 2.75) is 39.3 Å². The molecule has 0 aromatic carbocycles. The molecule has 0 spiro atoms. The van der Waals surface area contributed by atoms with Crippen molar-refractivity contribution in [1.82, 2.24) is 19.6 Å². The highest BCUT2D eigenvalue weighted by atomic mass is 16.2. The molecule has 1 aromatic rings. The molecule has 0 radical (unpaired) electrons. The van der Waals surface area contributed by atoms with Gasteiger partial charge in [-0.1, -0.05) is 13.8 Å². The third-order valence-corrected chi connectivity index (χ3v) is 3.91. The Bertz CT molecular complexity index is 386. The Morgan fingerprint density at radius 2 is 2.21 bits per heavy atom. The van der Waals surface area contributed by atoms with Crippen LogP contribution in [-0.2, 0) is 11.3 Å². The first-order chi connectivity index (χ1) is 9.24. The second kappa shape index (κ2) is 6.70. The molecule has 0 unspecified atom stereocenters. The van der Waals surface area contributed by atoms with Crippen LogP contribution in [0.5, 0.6) is 0 Å². The summed E-state index contributed by atoms with van der Waals surface area (Å²) in [7, 11) is 0. The molecule has 106 valence electrons. The molecular weight excluding hydrogens is 240 g/mol. The van der Waals surface area contributed by atoms with Crippen molar-refractivity contribution in [2.75, 3.05) is 26.2 Å². The van der Waals surface area contributed by atoms with E-state index in [1.807, 2.05) is 21.8 Å². The van der Waals surface area contributed by atoms with Crippen LogP contribution in [0.3, 0.4) is 0 Å². The predicted octanol–water partition coefficient (Wildman–Crippen LogP) is 1.22. The maximum Gasteiger partial charge on any atom is 0.237 e. The summed E-state index contributed by atoms with van der Waals surface area (Å²) in [4.78, 5) is 16.6. The molecule has 1 atom stereocenters. The van der Waals surface area contributed by atoms with Gasteiger partial charge >= 0.3 is 0 Å². The highest BCUT2D eigenvalue weighted by molar-refractivity contribution is 5.78. The van der Waals surface area contributed by atoms with Crippen LogP contribution in [0.2, 0.25) is 0 Å². The standard InChI is InChI=1S/C14H24N4O/c1-3-16(4-2)12-14(19)18-10-5-7-13(18)11-17-9-6-8-15-17/h6,8-9,13H,3-5,7,10-12H2,1-2H3/t13-/m1/s1. The lowest BCUT2D eigenvalue weighted by molar-refractivity contribution is -0.133. The summed E-state index contributed by atoms with van der Waals surface area (Å²) in [6, 6.07) is 2.24. The van der Waals surface area contributed by atoms with Crippen LogP contribution < -0.4 is 0 Å². The van der Waals surface area contributed by atoms with Crippen LogP contribution in [0, 0.1) is 0 Å². The van der Waals surface area contributed by atoms with Gasteiger partial charge in [0.2, 0.25) is 5.91 Å². The topological polar surface area (TPSA) is 41.4 Å². The number of rotatable bonds is 6. The summed E-state index contributed by atoms with van der Waals surface area (Å²) in [5.41, 5.74) is 0. The smallest absolute Gasteiger partial charge is 0.237 e. The minimum Gasteiger partial charge on any atom is -0.337 e. The molecule has 1 fully saturated rings. The summed E-state index contributed by atoms with van der Waals surface area (Å²) in [5.74, 6) is 0.262. The van der Waals surface area contributed by atoms with Crippen molar-refractivity contribution >= 4 is 5.91 Å². The number of likely N-dealkylation sites (tertiary alicyclic amines) is 1. The average molecular weight is 264 g/mol. The van der Waals surface area contributed by atoms with E-state index in [-0.39, 0.29) is 5.91 Å². The molecule has 1 amide bonds. The molecule has 1 saturated heterocycles. The van der Waals surface area contributed by atoms with Gasteiger partial charge in [-0.15, -0.1) is 0 Å². The Hall–Kier alpha value is -1.36. The predicted molar refractivity (Wildman–Crippen MR) is 74.8 cm³/mol. The Morgan fingerprint density at radius 1 is 1.42 bits per heavy atom. The number of carbonyl (C=O) groups excluding carboxylic acids is 1. The molecule has 0 bridgehead atoms. The van der Waals surface area contributed by atoms with E-state index in [2.05, 4.69) is 23.8 Å². The van der Waals surface area contributed by atoms with Gasteiger partial charge in [0.25, 0.3) is 0 Å². The Balaban J connectivity index is 1.92. The SMILES string of the molecule is CCN(CC)CC(=O)N1CCC[C@@H]1Cn1cccn1. The van der Waals surface area contributed by atoms with E-state index in [4.69, 9.17) is 0 Å². The lowest BCUT2D eigenvalue weighted by Crippen LogP contribution is -2.44. The van der Waals surface area contributed by atoms with Gasteiger partial charge < -0.3 is 4.90 Å². The lowest BCUT2D eigenvalue weighted by Gasteiger charge is -2.27.